The molecule has 0 spiro atoms. The fourth-order valence-electron chi connectivity index (χ4n) is 11.6. The summed E-state index contributed by atoms with van der Waals surface area (Å²) in [4.78, 5) is 21.7. The molecule has 6 aromatic heterocycles. The van der Waals surface area contributed by atoms with Crippen LogP contribution < -0.4 is 0 Å². The minimum absolute atomic E-state index is 0.261. The van der Waals surface area contributed by atoms with Crippen molar-refractivity contribution in [1.29, 1.82) is 0 Å². The van der Waals surface area contributed by atoms with Gasteiger partial charge in [-0.05, 0) is 84.1 Å². The van der Waals surface area contributed by atoms with Gasteiger partial charge < -0.3 is 9.13 Å². The van der Waals surface area contributed by atoms with Crippen molar-refractivity contribution >= 4 is 76.7 Å². The van der Waals surface area contributed by atoms with E-state index in [1.165, 1.54) is 38.5 Å². The summed E-state index contributed by atoms with van der Waals surface area (Å²) in [6.07, 6.45) is 2.82. The monoisotopic (exact) mass is 884 g/mol. The van der Waals surface area contributed by atoms with Gasteiger partial charge in [-0.3, -0.25) is 9.13 Å². The molecule has 0 fully saturated rings. The van der Waals surface area contributed by atoms with Crippen molar-refractivity contribution in [3.63, 3.8) is 0 Å². The maximum atomic E-state index is 5.51. The molecule has 0 radical (unpaired) electrons. The number of hydrogen-bond donors (Lipinski definition) is 0. The molecule has 0 N–H and O–H groups in total. The second-order valence-corrected chi connectivity index (χ2v) is 18.3. The zero-order valence-corrected chi connectivity index (χ0v) is 37.5. The number of fused-ring (bicyclic) bond motifs is 14. The summed E-state index contributed by atoms with van der Waals surface area (Å²) in [5.74, 6) is 1.65. The minimum atomic E-state index is 0.261. The van der Waals surface area contributed by atoms with Crippen LogP contribution in [0, 0.1) is 0 Å². The third-order valence-electron chi connectivity index (χ3n) is 14.5. The number of hydrogen-bond acceptors (Lipinski definition) is 4. The topological polar surface area (TPSA) is 71.3 Å². The fourth-order valence-corrected chi connectivity index (χ4v) is 11.6. The van der Waals surface area contributed by atoms with Gasteiger partial charge in [-0.15, -0.1) is 0 Å². The van der Waals surface area contributed by atoms with E-state index >= 15 is 0 Å². The first-order valence-corrected chi connectivity index (χ1v) is 23.6. The van der Waals surface area contributed by atoms with Crippen molar-refractivity contribution in [2.24, 2.45) is 0 Å². The molecule has 0 saturated heterocycles. The Balaban J connectivity index is 1.00. The van der Waals surface area contributed by atoms with E-state index in [0.29, 0.717) is 22.9 Å². The van der Waals surface area contributed by atoms with Gasteiger partial charge in [0.1, 0.15) is 5.69 Å². The van der Waals surface area contributed by atoms with Crippen molar-refractivity contribution < 1.29 is 0 Å². The average Bonchev–Trinajstić information content (AvgIpc) is 4.13. The highest BCUT2D eigenvalue weighted by Crippen LogP contribution is 2.50. The Labute approximate surface area is 395 Å². The maximum absolute atomic E-state index is 5.51. The van der Waals surface area contributed by atoms with Gasteiger partial charge in [-0.1, -0.05) is 146 Å². The van der Waals surface area contributed by atoms with E-state index in [-0.39, 0.29) is 5.92 Å². The minimum Gasteiger partial charge on any atom is -0.309 e. The zero-order valence-electron chi connectivity index (χ0n) is 37.5. The number of nitrogens with zero attached hydrogens (tertiary/aromatic N) is 8. The predicted octanol–water partition coefficient (Wildman–Crippen LogP) is 14.5. The normalized spacial score (nSPS) is 13.7. The number of rotatable bonds is 5. The molecule has 1 unspecified atom stereocenters. The van der Waals surface area contributed by atoms with Crippen molar-refractivity contribution in [3.8, 4) is 45.7 Å². The molecule has 69 heavy (non-hydrogen) atoms. The largest absolute Gasteiger partial charge is 0.309 e. The van der Waals surface area contributed by atoms with Gasteiger partial charge in [0, 0.05) is 49.3 Å². The summed E-state index contributed by atoms with van der Waals surface area (Å²) < 4.78 is 9.43. The highest BCUT2D eigenvalue weighted by molar-refractivity contribution is 6.19. The molecular weight excluding hydrogens is 845 g/mol. The third kappa shape index (κ3) is 5.39. The van der Waals surface area contributed by atoms with Gasteiger partial charge in [0.25, 0.3) is 0 Å². The SMILES string of the molecule is CC1Cc2c(n(-c3ccccc3)c3ccccc23)-c2c1c1ccccc1n2-c1cnc2nc(-n3c4ccccc4c4cc5c(cc43)c3ccccc3n5-c3ccccc3)c(-c3ccccc3)nc2n1. The maximum Gasteiger partial charge on any atom is 0.200 e. The van der Waals surface area contributed by atoms with Crippen LogP contribution >= 0.6 is 0 Å². The Kier molecular flexibility index (Phi) is 7.95. The van der Waals surface area contributed by atoms with E-state index in [1.54, 1.807) is 0 Å². The van der Waals surface area contributed by atoms with E-state index < -0.39 is 0 Å². The van der Waals surface area contributed by atoms with Crippen molar-refractivity contribution in [3.05, 3.63) is 218 Å². The van der Waals surface area contributed by atoms with Gasteiger partial charge in [0.2, 0.25) is 5.65 Å². The Bertz CT molecular complexity index is 4410. The average molecular weight is 885 g/mol. The molecule has 14 aromatic rings. The van der Waals surface area contributed by atoms with E-state index in [2.05, 4.69) is 219 Å². The summed E-state index contributed by atoms with van der Waals surface area (Å²) in [5.41, 5.74) is 16.5. The Morgan fingerprint density at radius 1 is 0.406 bits per heavy atom. The molecular formula is C61H40N8. The lowest BCUT2D eigenvalue weighted by Crippen LogP contribution is -2.13. The zero-order chi connectivity index (χ0) is 45.3. The predicted molar refractivity (Wildman–Crippen MR) is 280 cm³/mol. The van der Waals surface area contributed by atoms with Crippen LogP contribution in [0.2, 0.25) is 0 Å². The van der Waals surface area contributed by atoms with Crippen molar-refractivity contribution in [2.45, 2.75) is 19.3 Å². The summed E-state index contributed by atoms with van der Waals surface area (Å²) in [6, 6.07) is 71.3. The quantitative estimate of drug-likeness (QED) is 0.173. The third-order valence-corrected chi connectivity index (χ3v) is 14.5. The molecule has 0 bridgehead atoms. The molecule has 324 valence electrons. The molecule has 1 atom stereocenters. The smallest absolute Gasteiger partial charge is 0.200 e. The lowest BCUT2D eigenvalue weighted by Gasteiger charge is -2.24. The molecule has 0 amide bonds. The first-order chi connectivity index (χ1) is 34.2. The summed E-state index contributed by atoms with van der Waals surface area (Å²) >= 11 is 0. The van der Waals surface area contributed by atoms with E-state index in [0.717, 1.165) is 78.5 Å². The number of benzene rings is 8. The lowest BCUT2D eigenvalue weighted by molar-refractivity contribution is 0.750. The van der Waals surface area contributed by atoms with E-state index in [1.807, 2.05) is 12.3 Å². The van der Waals surface area contributed by atoms with Crippen molar-refractivity contribution in [2.75, 3.05) is 0 Å². The van der Waals surface area contributed by atoms with Crippen LogP contribution in [0.3, 0.4) is 0 Å². The van der Waals surface area contributed by atoms with Crippen LogP contribution in [-0.2, 0) is 6.42 Å². The molecule has 0 aliphatic heterocycles. The second-order valence-electron chi connectivity index (χ2n) is 18.3. The van der Waals surface area contributed by atoms with E-state index in [9.17, 15) is 0 Å². The van der Waals surface area contributed by atoms with Crippen LogP contribution in [0.1, 0.15) is 24.0 Å². The van der Waals surface area contributed by atoms with E-state index in [4.69, 9.17) is 19.9 Å². The summed E-state index contributed by atoms with van der Waals surface area (Å²) in [7, 11) is 0. The molecule has 1 aliphatic carbocycles. The van der Waals surface area contributed by atoms with Crippen molar-refractivity contribution in [1.82, 2.24) is 38.2 Å². The second kappa shape index (κ2) is 14.4. The standard InChI is InChI=1S/C61H40N8/c1-37-33-47-43-27-13-16-30-49(43)67(40-23-9-4-10-24-40)57(47)58-55(37)44-28-14-18-32-51(44)69(58)54-36-62-59-60(63-54)64-56(38-19-5-2-6-20-38)61(65-59)68-50-31-17-12-26-42(50)46-34-52-45(35-53(46)68)41-25-11-15-29-48(41)66(52)39-21-7-3-8-22-39/h2-32,34-37H,33H2,1H3. The van der Waals surface area contributed by atoms with Crippen LogP contribution in [0.5, 0.6) is 0 Å². The Hall–Kier alpha value is -9.14. The lowest BCUT2D eigenvalue weighted by atomic mass is 9.84. The Morgan fingerprint density at radius 3 is 1.57 bits per heavy atom. The van der Waals surface area contributed by atoms with Gasteiger partial charge in [0.05, 0.1) is 50.7 Å². The molecule has 6 heterocycles. The van der Waals surface area contributed by atoms with Gasteiger partial charge in [0.15, 0.2) is 17.3 Å². The first-order valence-electron chi connectivity index (χ1n) is 23.6. The summed E-state index contributed by atoms with van der Waals surface area (Å²) in [5, 5.41) is 7.10. The molecule has 0 saturated carbocycles. The van der Waals surface area contributed by atoms with Gasteiger partial charge >= 0.3 is 0 Å². The molecule has 8 heteroatoms. The highest BCUT2D eigenvalue weighted by Gasteiger charge is 2.35. The number of aromatic nitrogens is 8. The van der Waals surface area contributed by atoms with Crippen LogP contribution in [0.25, 0.3) is 122 Å². The molecule has 8 aromatic carbocycles. The van der Waals surface area contributed by atoms with Crippen LogP contribution in [-0.4, -0.2) is 38.2 Å². The van der Waals surface area contributed by atoms with Gasteiger partial charge in [-0.2, -0.15) is 0 Å². The first kappa shape index (κ1) is 38.0. The fraction of sp³-hybridized carbons (Fsp3) is 0.0492. The number of para-hydroxylation sites is 6. The Morgan fingerprint density at radius 2 is 0.913 bits per heavy atom. The molecule has 15 rings (SSSR count). The summed E-state index contributed by atoms with van der Waals surface area (Å²) in [6.45, 7) is 2.36. The highest BCUT2D eigenvalue weighted by atomic mass is 15.2. The molecule has 8 nitrogen and oxygen atoms in total. The van der Waals surface area contributed by atoms with Gasteiger partial charge in [-0.25, -0.2) is 19.9 Å². The van der Waals surface area contributed by atoms with Crippen LogP contribution in [0.4, 0.5) is 0 Å². The van der Waals surface area contributed by atoms with Crippen LogP contribution in [0.15, 0.2) is 206 Å². The molecule has 1 aliphatic rings.